The Kier molecular flexibility index (Phi) is 15.3. The number of carbonyl (C=O) groups excluding carboxylic acids is 4. The summed E-state index contributed by atoms with van der Waals surface area (Å²) in [5.74, 6) is 0. The minimum Gasteiger partial charge on any atom is -0.396 e. The normalized spacial score (nSPS) is 9.31. The number of benzene rings is 2. The fraction of sp³-hybridized carbons (Fsp3) is 0.333. The highest BCUT2D eigenvalue weighted by Gasteiger charge is 2.24. The predicted molar refractivity (Wildman–Crippen MR) is 127 cm³/mol. The molecular weight excluding hydrogens is 456 g/mol. The molecule has 0 aliphatic rings. The second-order valence-electron chi connectivity index (χ2n) is 7.08. The van der Waals surface area contributed by atoms with Crippen LogP contribution in [0.15, 0.2) is 56.4 Å². The van der Waals surface area contributed by atoms with Crippen LogP contribution in [0.3, 0.4) is 0 Å². The van der Waals surface area contributed by atoms with Crippen molar-refractivity contribution in [3.05, 3.63) is 47.5 Å². The molecule has 0 spiro atoms. The van der Waals surface area contributed by atoms with Crippen molar-refractivity contribution in [1.29, 1.82) is 0 Å². The van der Waals surface area contributed by atoms with Crippen LogP contribution >= 0.6 is 0 Å². The zero-order chi connectivity index (χ0) is 26.7. The molecule has 0 saturated heterocycles. The molecule has 0 bridgehead atoms. The maximum Gasteiger partial charge on any atom is 0.240 e. The van der Waals surface area contributed by atoms with Gasteiger partial charge < -0.3 is 15.3 Å². The van der Waals surface area contributed by atoms with E-state index in [0.717, 1.165) is 11.1 Å². The predicted octanol–water partition coefficient (Wildman–Crippen LogP) is 3.22. The third-order valence-corrected chi connectivity index (χ3v) is 4.82. The minimum atomic E-state index is -0.667. The first-order valence-electron chi connectivity index (χ1n) is 10.2. The van der Waals surface area contributed by atoms with Crippen molar-refractivity contribution in [2.24, 2.45) is 25.4 Å². The Hall–Kier alpha value is -4.16. The molecule has 2 aromatic carbocycles. The molecule has 3 N–H and O–H groups in total. The molecule has 0 unspecified atom stereocenters. The smallest absolute Gasteiger partial charge is 0.240 e. The van der Waals surface area contributed by atoms with Gasteiger partial charge in [-0.1, -0.05) is 19.1 Å². The Bertz CT molecular complexity index is 1050. The molecule has 2 aromatic rings. The van der Waals surface area contributed by atoms with Crippen LogP contribution in [-0.2, 0) is 19.2 Å². The van der Waals surface area contributed by atoms with E-state index in [9.17, 15) is 19.2 Å². The molecule has 11 nitrogen and oxygen atoms in total. The van der Waals surface area contributed by atoms with E-state index in [0.29, 0.717) is 29.2 Å². The van der Waals surface area contributed by atoms with Gasteiger partial charge >= 0.3 is 0 Å². The van der Waals surface area contributed by atoms with Crippen molar-refractivity contribution in [2.75, 3.05) is 19.8 Å². The monoisotopic (exact) mass is 482 g/mol. The van der Waals surface area contributed by atoms with Crippen molar-refractivity contribution in [1.82, 2.24) is 0 Å². The highest BCUT2D eigenvalue weighted by molar-refractivity contribution is 5.62. The Morgan fingerprint density at radius 2 is 1.00 bits per heavy atom. The highest BCUT2D eigenvalue weighted by Crippen LogP contribution is 2.24. The first-order chi connectivity index (χ1) is 16.8. The Balaban J connectivity index is 0.000000506. The zero-order valence-corrected chi connectivity index (χ0v) is 19.6. The first kappa shape index (κ1) is 30.8. The Morgan fingerprint density at radius 3 is 1.23 bits per heavy atom. The summed E-state index contributed by atoms with van der Waals surface area (Å²) in [6.45, 7) is 4.95. The second-order valence-corrected chi connectivity index (χ2v) is 7.08. The van der Waals surface area contributed by atoms with Gasteiger partial charge in [0.1, 0.15) is 0 Å². The van der Waals surface area contributed by atoms with E-state index in [4.69, 9.17) is 15.3 Å². The van der Waals surface area contributed by atoms with Crippen molar-refractivity contribution < 1.29 is 34.5 Å². The van der Waals surface area contributed by atoms with Crippen LogP contribution in [0.4, 0.5) is 22.7 Å². The van der Waals surface area contributed by atoms with Crippen LogP contribution in [0.25, 0.3) is 0 Å². The van der Waals surface area contributed by atoms with E-state index in [2.05, 4.69) is 20.0 Å². The molecule has 0 aliphatic heterocycles. The van der Waals surface area contributed by atoms with E-state index in [1.807, 2.05) is 6.92 Å². The quantitative estimate of drug-likeness (QED) is 0.382. The van der Waals surface area contributed by atoms with Gasteiger partial charge in [-0.05, 0) is 55.7 Å². The molecule has 0 aromatic heterocycles. The van der Waals surface area contributed by atoms with Crippen LogP contribution in [0.5, 0.6) is 0 Å². The number of rotatable bonds is 8. The number of aliphatic imine (C=N–C) groups is 4. The lowest BCUT2D eigenvalue weighted by Crippen LogP contribution is -2.32. The third kappa shape index (κ3) is 11.0. The summed E-state index contributed by atoms with van der Waals surface area (Å²) in [4.78, 5) is 53.5. The van der Waals surface area contributed by atoms with E-state index >= 15 is 0 Å². The summed E-state index contributed by atoms with van der Waals surface area (Å²) < 4.78 is 0. The van der Waals surface area contributed by atoms with Gasteiger partial charge in [0.15, 0.2) is 0 Å². The summed E-state index contributed by atoms with van der Waals surface area (Å²) in [7, 11) is 0. The van der Waals surface area contributed by atoms with Crippen LogP contribution < -0.4 is 0 Å². The van der Waals surface area contributed by atoms with Gasteiger partial charge in [0.2, 0.25) is 24.3 Å². The summed E-state index contributed by atoms with van der Waals surface area (Å²) in [6.07, 6.45) is 6.27. The molecule has 0 amide bonds. The maximum atomic E-state index is 10.00. The zero-order valence-electron chi connectivity index (χ0n) is 19.6. The summed E-state index contributed by atoms with van der Waals surface area (Å²) in [5.41, 5.74) is 2.77. The lowest BCUT2D eigenvalue weighted by Gasteiger charge is -2.24. The van der Waals surface area contributed by atoms with E-state index < -0.39 is 5.41 Å². The molecule has 0 radical (unpaired) electrons. The number of nitrogens with zero attached hydrogens (tertiary/aromatic N) is 4. The third-order valence-electron chi connectivity index (χ3n) is 4.82. The van der Waals surface area contributed by atoms with E-state index in [1.54, 1.807) is 38.1 Å². The number of hydrogen-bond donors (Lipinski definition) is 3. The molecular formula is C24H26N4O7. The number of aliphatic hydroxyl groups excluding tert-OH is 3. The van der Waals surface area contributed by atoms with Gasteiger partial charge in [0, 0.05) is 5.41 Å². The van der Waals surface area contributed by atoms with Gasteiger partial charge in [-0.3, -0.25) is 0 Å². The molecule has 0 atom stereocenters. The number of aliphatic hydroxyl groups is 3. The van der Waals surface area contributed by atoms with E-state index in [-0.39, 0.29) is 19.8 Å². The van der Waals surface area contributed by atoms with E-state index in [1.165, 1.54) is 36.5 Å². The molecule has 0 fully saturated rings. The van der Waals surface area contributed by atoms with Gasteiger partial charge in [-0.2, -0.15) is 20.0 Å². The molecule has 0 heterocycles. The average Bonchev–Trinajstić information content (AvgIpc) is 2.87. The lowest BCUT2D eigenvalue weighted by molar-refractivity contribution is 0.00304. The Morgan fingerprint density at radius 1 is 0.657 bits per heavy atom. The van der Waals surface area contributed by atoms with Crippen LogP contribution in [0.1, 0.15) is 24.5 Å². The topological polar surface area (TPSA) is 178 Å². The molecule has 11 heteroatoms. The maximum absolute atomic E-state index is 10.00. The SMILES string of the molecule is CCC(CO)(CO)CO.Cc1ccc(N=C=O)cc1N=C=O.Cc1ccc(N=C=O)cc1N=C=O. The summed E-state index contributed by atoms with van der Waals surface area (Å²) >= 11 is 0. The van der Waals surface area contributed by atoms with Crippen molar-refractivity contribution in [2.45, 2.75) is 27.2 Å². The molecule has 184 valence electrons. The second kappa shape index (κ2) is 17.3. The van der Waals surface area contributed by atoms with Crippen molar-refractivity contribution >= 4 is 47.1 Å². The standard InChI is InChI=1S/2C9H6N2O2.C6H14O3/c2*1-7-2-3-8(10-5-12)4-9(7)11-6-13;1-2-6(3-7,4-8)5-9/h2*2-4H,1H3;7-9H,2-5H2,1H3. The lowest BCUT2D eigenvalue weighted by atomic mass is 9.88. The molecule has 0 aliphatic carbocycles. The first-order valence-corrected chi connectivity index (χ1v) is 10.2. The van der Waals surface area contributed by atoms with Crippen molar-refractivity contribution in [3.63, 3.8) is 0 Å². The van der Waals surface area contributed by atoms with Crippen LogP contribution in [-0.4, -0.2) is 59.5 Å². The van der Waals surface area contributed by atoms with Crippen LogP contribution in [0.2, 0.25) is 0 Å². The summed E-state index contributed by atoms with van der Waals surface area (Å²) in [6, 6.07) is 9.75. The summed E-state index contributed by atoms with van der Waals surface area (Å²) in [5, 5.41) is 26.0. The molecule has 35 heavy (non-hydrogen) atoms. The number of isocyanates is 4. The van der Waals surface area contributed by atoms with Gasteiger partial charge in [0.25, 0.3) is 0 Å². The largest absolute Gasteiger partial charge is 0.396 e. The fourth-order valence-corrected chi connectivity index (χ4v) is 2.26. The Labute approximate surface area is 201 Å². The van der Waals surface area contributed by atoms with Gasteiger partial charge in [-0.15, -0.1) is 0 Å². The minimum absolute atomic E-state index is 0.156. The average molecular weight is 482 g/mol. The van der Waals surface area contributed by atoms with Crippen LogP contribution in [0, 0.1) is 19.3 Å². The van der Waals surface area contributed by atoms with Gasteiger partial charge in [-0.25, -0.2) is 19.2 Å². The number of hydrogen-bond acceptors (Lipinski definition) is 11. The fourth-order valence-electron chi connectivity index (χ4n) is 2.26. The van der Waals surface area contributed by atoms with Gasteiger partial charge in [0.05, 0.1) is 42.6 Å². The number of aryl methyl sites for hydroxylation is 2. The molecule has 2 rings (SSSR count). The molecule has 0 saturated carbocycles. The highest BCUT2D eigenvalue weighted by atomic mass is 16.3. The van der Waals surface area contributed by atoms with Crippen molar-refractivity contribution in [3.8, 4) is 0 Å².